The summed E-state index contributed by atoms with van der Waals surface area (Å²) in [5.41, 5.74) is -0.184. The molecular weight excluding hydrogens is 262 g/mol. The third-order valence-corrected chi connectivity index (χ3v) is 3.57. The normalized spacial score (nSPS) is 18.2. The van der Waals surface area contributed by atoms with Crippen LogP contribution >= 0.6 is 0 Å². The van der Waals surface area contributed by atoms with Crippen LogP contribution in [0.2, 0.25) is 0 Å². The van der Waals surface area contributed by atoms with Crippen molar-refractivity contribution >= 4 is 5.91 Å². The number of rotatable bonds is 5. The number of nitrogens with one attached hydrogen (secondary N) is 1. The summed E-state index contributed by atoms with van der Waals surface area (Å²) in [4.78, 5) is 14.0. The molecule has 1 N–H and O–H groups in total. The van der Waals surface area contributed by atoms with Crippen LogP contribution in [0.1, 0.15) is 36.5 Å². The van der Waals surface area contributed by atoms with Crippen LogP contribution in [0.5, 0.6) is 0 Å². The predicted molar refractivity (Wildman–Crippen MR) is 73.6 cm³/mol. The van der Waals surface area contributed by atoms with Gasteiger partial charge in [-0.1, -0.05) is 13.0 Å². The predicted octanol–water partition coefficient (Wildman–Crippen LogP) is 2.57. The van der Waals surface area contributed by atoms with Gasteiger partial charge in [-0.3, -0.25) is 4.79 Å². The third-order valence-electron chi connectivity index (χ3n) is 3.57. The maximum Gasteiger partial charge on any atom is 0.256 e. The molecule has 3 nitrogen and oxygen atoms in total. The fourth-order valence-electron chi connectivity index (χ4n) is 2.56. The van der Waals surface area contributed by atoms with Crippen molar-refractivity contribution in [1.82, 2.24) is 10.2 Å². The quantitative estimate of drug-likeness (QED) is 0.900. The SMILES string of the molecule is CCCN(CC1CCCN1)C(=O)c1cccc(F)c1F. The van der Waals surface area contributed by atoms with E-state index in [2.05, 4.69) is 5.32 Å². The van der Waals surface area contributed by atoms with Gasteiger partial charge in [0.25, 0.3) is 5.91 Å². The van der Waals surface area contributed by atoms with Gasteiger partial charge in [-0.2, -0.15) is 0 Å². The van der Waals surface area contributed by atoms with Crippen molar-refractivity contribution in [3.63, 3.8) is 0 Å². The molecule has 5 heteroatoms. The molecule has 1 saturated heterocycles. The fourth-order valence-corrected chi connectivity index (χ4v) is 2.56. The second-order valence-corrected chi connectivity index (χ2v) is 5.15. The second-order valence-electron chi connectivity index (χ2n) is 5.15. The summed E-state index contributed by atoms with van der Waals surface area (Å²) in [5, 5.41) is 3.32. The third kappa shape index (κ3) is 3.33. The Balaban J connectivity index is 2.14. The van der Waals surface area contributed by atoms with Crippen LogP contribution < -0.4 is 5.32 Å². The van der Waals surface area contributed by atoms with Crippen molar-refractivity contribution in [2.45, 2.75) is 32.2 Å². The van der Waals surface area contributed by atoms with Gasteiger partial charge in [-0.05, 0) is 37.9 Å². The summed E-state index contributed by atoms with van der Waals surface area (Å²) < 4.78 is 27.0. The lowest BCUT2D eigenvalue weighted by Gasteiger charge is -2.25. The van der Waals surface area contributed by atoms with Crippen LogP contribution in [-0.4, -0.2) is 36.5 Å². The van der Waals surface area contributed by atoms with E-state index in [0.29, 0.717) is 13.1 Å². The summed E-state index contributed by atoms with van der Waals surface area (Å²) >= 11 is 0. The first-order chi connectivity index (χ1) is 9.63. The molecule has 1 fully saturated rings. The minimum absolute atomic E-state index is 0.184. The van der Waals surface area contributed by atoms with Crippen LogP contribution in [-0.2, 0) is 0 Å². The van der Waals surface area contributed by atoms with Gasteiger partial charge < -0.3 is 10.2 Å². The Morgan fingerprint density at radius 1 is 1.45 bits per heavy atom. The first-order valence-electron chi connectivity index (χ1n) is 7.10. The van der Waals surface area contributed by atoms with Gasteiger partial charge in [0.15, 0.2) is 11.6 Å². The monoisotopic (exact) mass is 282 g/mol. The fraction of sp³-hybridized carbons (Fsp3) is 0.533. The van der Waals surface area contributed by atoms with E-state index in [1.165, 1.54) is 12.1 Å². The van der Waals surface area contributed by atoms with Crippen molar-refractivity contribution in [3.05, 3.63) is 35.4 Å². The molecule has 0 saturated carbocycles. The Morgan fingerprint density at radius 3 is 2.90 bits per heavy atom. The summed E-state index contributed by atoms with van der Waals surface area (Å²) in [6.07, 6.45) is 2.89. The van der Waals surface area contributed by atoms with Gasteiger partial charge >= 0.3 is 0 Å². The average molecular weight is 282 g/mol. The number of amides is 1. The topological polar surface area (TPSA) is 32.3 Å². The minimum Gasteiger partial charge on any atom is -0.337 e. The molecule has 0 bridgehead atoms. The van der Waals surface area contributed by atoms with Gasteiger partial charge in [-0.15, -0.1) is 0 Å². The summed E-state index contributed by atoms with van der Waals surface area (Å²) in [5.74, 6) is -2.47. The van der Waals surface area contributed by atoms with Gasteiger partial charge in [0.1, 0.15) is 0 Å². The lowest BCUT2D eigenvalue weighted by molar-refractivity contribution is 0.0736. The minimum atomic E-state index is -1.06. The summed E-state index contributed by atoms with van der Waals surface area (Å²) in [6, 6.07) is 3.98. The number of hydrogen-bond donors (Lipinski definition) is 1. The molecule has 20 heavy (non-hydrogen) atoms. The zero-order valence-electron chi connectivity index (χ0n) is 11.7. The van der Waals surface area contributed by atoms with Crippen LogP contribution in [0.25, 0.3) is 0 Å². The van der Waals surface area contributed by atoms with Crippen LogP contribution in [0.4, 0.5) is 8.78 Å². The molecule has 1 aromatic rings. The van der Waals surface area contributed by atoms with Crippen LogP contribution in [0.3, 0.4) is 0 Å². The van der Waals surface area contributed by atoms with Crippen molar-refractivity contribution in [2.24, 2.45) is 0 Å². The molecule has 1 amide bonds. The second kappa shape index (κ2) is 6.79. The molecule has 0 aliphatic carbocycles. The maximum absolute atomic E-state index is 13.7. The molecule has 2 rings (SSSR count). The van der Waals surface area contributed by atoms with Gasteiger partial charge in [0, 0.05) is 19.1 Å². The molecule has 1 atom stereocenters. The molecule has 0 radical (unpaired) electrons. The summed E-state index contributed by atoms with van der Waals surface area (Å²) in [6.45, 7) is 4.01. The highest BCUT2D eigenvalue weighted by atomic mass is 19.2. The molecule has 1 aromatic carbocycles. The van der Waals surface area contributed by atoms with Crippen molar-refractivity contribution < 1.29 is 13.6 Å². The Hall–Kier alpha value is -1.49. The molecule has 0 spiro atoms. The highest BCUT2D eigenvalue weighted by Gasteiger charge is 2.24. The Bertz CT molecular complexity index is 473. The standard InChI is InChI=1S/C15H20F2N2O/c1-2-9-19(10-11-5-4-8-18-11)15(20)12-6-3-7-13(16)14(12)17/h3,6-7,11,18H,2,4-5,8-10H2,1H3. The molecule has 1 aliphatic heterocycles. The van der Waals surface area contributed by atoms with Gasteiger partial charge in [0.2, 0.25) is 0 Å². The smallest absolute Gasteiger partial charge is 0.256 e. The first kappa shape index (κ1) is 14.9. The zero-order chi connectivity index (χ0) is 14.5. The number of carbonyl (C=O) groups excluding carboxylic acids is 1. The maximum atomic E-state index is 13.7. The Morgan fingerprint density at radius 2 is 2.25 bits per heavy atom. The van der Waals surface area contributed by atoms with Crippen LogP contribution in [0.15, 0.2) is 18.2 Å². The van der Waals surface area contributed by atoms with E-state index in [1.54, 1.807) is 4.90 Å². The van der Waals surface area contributed by atoms with E-state index in [4.69, 9.17) is 0 Å². The van der Waals surface area contributed by atoms with Crippen molar-refractivity contribution in [2.75, 3.05) is 19.6 Å². The van der Waals surface area contributed by atoms with Gasteiger partial charge in [-0.25, -0.2) is 8.78 Å². The number of halogens is 2. The average Bonchev–Trinajstić information content (AvgIpc) is 2.94. The number of nitrogens with zero attached hydrogens (tertiary/aromatic N) is 1. The lowest BCUT2D eigenvalue weighted by atomic mass is 10.1. The molecule has 1 heterocycles. The zero-order valence-corrected chi connectivity index (χ0v) is 11.7. The molecule has 1 aliphatic rings. The van der Waals surface area contributed by atoms with E-state index in [9.17, 15) is 13.6 Å². The number of carbonyl (C=O) groups is 1. The summed E-state index contributed by atoms with van der Waals surface area (Å²) in [7, 11) is 0. The lowest BCUT2D eigenvalue weighted by Crippen LogP contribution is -2.41. The van der Waals surface area contributed by atoms with E-state index in [1.807, 2.05) is 6.92 Å². The molecule has 1 unspecified atom stereocenters. The van der Waals surface area contributed by atoms with Gasteiger partial charge in [0.05, 0.1) is 5.56 Å². The number of hydrogen-bond acceptors (Lipinski definition) is 2. The van der Waals surface area contributed by atoms with Crippen LogP contribution in [0, 0.1) is 11.6 Å². The Labute approximate surface area is 118 Å². The molecule has 110 valence electrons. The van der Waals surface area contributed by atoms with Crippen molar-refractivity contribution in [1.29, 1.82) is 0 Å². The molecular formula is C15H20F2N2O. The van der Waals surface area contributed by atoms with E-state index >= 15 is 0 Å². The van der Waals surface area contributed by atoms with E-state index < -0.39 is 17.5 Å². The van der Waals surface area contributed by atoms with E-state index in [0.717, 1.165) is 31.9 Å². The largest absolute Gasteiger partial charge is 0.337 e. The first-order valence-corrected chi connectivity index (χ1v) is 7.10. The van der Waals surface area contributed by atoms with E-state index in [-0.39, 0.29) is 11.6 Å². The number of benzene rings is 1. The molecule has 0 aromatic heterocycles. The Kier molecular flexibility index (Phi) is 5.06. The highest BCUT2D eigenvalue weighted by Crippen LogP contribution is 2.16. The highest BCUT2D eigenvalue weighted by molar-refractivity contribution is 5.94. The van der Waals surface area contributed by atoms with Crippen molar-refractivity contribution in [3.8, 4) is 0 Å².